The van der Waals surface area contributed by atoms with E-state index in [-0.39, 0.29) is 0 Å². The highest BCUT2D eigenvalue weighted by Gasteiger charge is 2.02. The molecule has 0 aliphatic heterocycles. The Bertz CT molecular complexity index is 481. The number of aromatic nitrogens is 2. The molecule has 64 valence electrons. The standard InChI is InChI=1S/C9H6BrN3/c10-8-2-4-13-9(5-8)7(1-3-11)6-12-13/h2,4-6H,1H2. The van der Waals surface area contributed by atoms with E-state index < -0.39 is 0 Å². The van der Waals surface area contributed by atoms with Crippen LogP contribution in [0.1, 0.15) is 5.56 Å². The van der Waals surface area contributed by atoms with Gasteiger partial charge < -0.3 is 0 Å². The van der Waals surface area contributed by atoms with Crippen LogP contribution in [-0.4, -0.2) is 9.61 Å². The number of pyridine rings is 1. The molecule has 0 aliphatic carbocycles. The first-order valence-electron chi connectivity index (χ1n) is 3.80. The quantitative estimate of drug-likeness (QED) is 0.761. The molecule has 0 saturated carbocycles. The summed E-state index contributed by atoms with van der Waals surface area (Å²) in [7, 11) is 0. The normalized spacial score (nSPS) is 10.2. The maximum atomic E-state index is 8.57. The van der Waals surface area contributed by atoms with E-state index in [1.807, 2.05) is 18.3 Å². The van der Waals surface area contributed by atoms with Gasteiger partial charge in [-0.15, -0.1) is 0 Å². The Labute approximate surface area is 83.7 Å². The summed E-state index contributed by atoms with van der Waals surface area (Å²) in [5.74, 6) is 0. The third-order valence-corrected chi connectivity index (χ3v) is 2.33. The van der Waals surface area contributed by atoms with Crippen LogP contribution in [0.2, 0.25) is 0 Å². The van der Waals surface area contributed by atoms with Gasteiger partial charge >= 0.3 is 0 Å². The van der Waals surface area contributed by atoms with Crippen LogP contribution in [-0.2, 0) is 6.42 Å². The second-order valence-electron chi connectivity index (χ2n) is 2.68. The van der Waals surface area contributed by atoms with Gasteiger partial charge in [0.2, 0.25) is 0 Å². The van der Waals surface area contributed by atoms with Gasteiger partial charge in [-0.1, -0.05) is 15.9 Å². The summed E-state index contributed by atoms with van der Waals surface area (Å²) in [5.41, 5.74) is 1.94. The maximum absolute atomic E-state index is 8.57. The van der Waals surface area contributed by atoms with E-state index in [1.165, 1.54) is 0 Å². The molecule has 0 aliphatic rings. The molecule has 0 radical (unpaired) electrons. The van der Waals surface area contributed by atoms with Crippen molar-refractivity contribution in [2.24, 2.45) is 0 Å². The summed E-state index contributed by atoms with van der Waals surface area (Å²) >= 11 is 3.38. The Morgan fingerprint density at radius 3 is 3.23 bits per heavy atom. The van der Waals surface area contributed by atoms with Gasteiger partial charge in [0.25, 0.3) is 0 Å². The van der Waals surface area contributed by atoms with Crippen LogP contribution in [0, 0.1) is 11.3 Å². The van der Waals surface area contributed by atoms with Gasteiger partial charge in [0.15, 0.2) is 0 Å². The van der Waals surface area contributed by atoms with Crippen LogP contribution in [0.5, 0.6) is 0 Å². The molecule has 0 amide bonds. The number of halogens is 1. The van der Waals surface area contributed by atoms with Crippen LogP contribution in [0.25, 0.3) is 5.52 Å². The number of fused-ring (bicyclic) bond motifs is 1. The van der Waals surface area contributed by atoms with Gasteiger partial charge in [-0.25, -0.2) is 4.52 Å². The van der Waals surface area contributed by atoms with Crippen molar-refractivity contribution in [3.63, 3.8) is 0 Å². The fourth-order valence-electron chi connectivity index (χ4n) is 1.23. The molecular formula is C9H6BrN3. The predicted octanol–water partition coefficient (Wildman–Crippen LogP) is 2.16. The van der Waals surface area contributed by atoms with Crippen LogP contribution in [0.4, 0.5) is 0 Å². The highest BCUT2D eigenvalue weighted by Crippen LogP contribution is 2.16. The molecule has 2 aromatic heterocycles. The van der Waals surface area contributed by atoms with Crippen molar-refractivity contribution in [1.82, 2.24) is 9.61 Å². The summed E-state index contributed by atoms with van der Waals surface area (Å²) < 4.78 is 2.76. The number of nitrogens with zero attached hydrogens (tertiary/aromatic N) is 3. The molecule has 13 heavy (non-hydrogen) atoms. The topological polar surface area (TPSA) is 41.1 Å². The molecule has 0 aromatic carbocycles. The van der Waals surface area contributed by atoms with Crippen molar-refractivity contribution in [2.75, 3.05) is 0 Å². The molecule has 0 unspecified atom stereocenters. The van der Waals surface area contributed by atoms with E-state index in [2.05, 4.69) is 27.1 Å². The molecule has 0 spiro atoms. The molecule has 0 N–H and O–H groups in total. The van der Waals surface area contributed by atoms with Crippen LogP contribution in [0.15, 0.2) is 29.0 Å². The van der Waals surface area contributed by atoms with Crippen LogP contribution < -0.4 is 0 Å². The molecule has 0 saturated heterocycles. The monoisotopic (exact) mass is 235 g/mol. The Balaban J connectivity index is 2.66. The molecule has 0 fully saturated rings. The second kappa shape index (κ2) is 3.19. The smallest absolute Gasteiger partial charge is 0.0715 e. The Morgan fingerprint density at radius 2 is 2.46 bits per heavy atom. The average Bonchev–Trinajstić information content (AvgIpc) is 2.49. The minimum atomic E-state index is 0.403. The summed E-state index contributed by atoms with van der Waals surface area (Å²) in [4.78, 5) is 0. The third-order valence-electron chi connectivity index (χ3n) is 1.83. The van der Waals surface area contributed by atoms with E-state index in [9.17, 15) is 0 Å². The van der Waals surface area contributed by atoms with E-state index in [4.69, 9.17) is 5.26 Å². The molecule has 3 nitrogen and oxygen atoms in total. The maximum Gasteiger partial charge on any atom is 0.0715 e. The molecular weight excluding hydrogens is 230 g/mol. The third kappa shape index (κ3) is 1.43. The van der Waals surface area contributed by atoms with E-state index in [0.717, 1.165) is 15.6 Å². The number of hydrogen-bond donors (Lipinski definition) is 0. The Kier molecular flexibility index (Phi) is 2.03. The van der Waals surface area contributed by atoms with Crippen molar-refractivity contribution in [1.29, 1.82) is 5.26 Å². The lowest BCUT2D eigenvalue weighted by molar-refractivity contribution is 0.959. The van der Waals surface area contributed by atoms with Crippen LogP contribution >= 0.6 is 15.9 Å². The van der Waals surface area contributed by atoms with E-state index in [0.29, 0.717) is 6.42 Å². The van der Waals surface area contributed by atoms with Crippen molar-refractivity contribution in [2.45, 2.75) is 6.42 Å². The largest absolute Gasteiger partial charge is 0.241 e. The van der Waals surface area contributed by atoms with Crippen molar-refractivity contribution >= 4 is 21.4 Å². The van der Waals surface area contributed by atoms with Gasteiger partial charge in [0.1, 0.15) is 0 Å². The number of rotatable bonds is 1. The summed E-state index contributed by atoms with van der Waals surface area (Å²) in [6.07, 6.45) is 3.99. The lowest BCUT2D eigenvalue weighted by atomic mass is 10.2. The molecule has 2 rings (SSSR count). The second-order valence-corrected chi connectivity index (χ2v) is 3.60. The summed E-state index contributed by atoms with van der Waals surface area (Å²) in [5, 5.41) is 12.7. The minimum absolute atomic E-state index is 0.403. The number of nitriles is 1. The van der Waals surface area contributed by atoms with Gasteiger partial charge in [0, 0.05) is 16.2 Å². The van der Waals surface area contributed by atoms with Crippen molar-refractivity contribution in [3.8, 4) is 6.07 Å². The predicted molar refractivity (Wildman–Crippen MR) is 52.2 cm³/mol. The van der Waals surface area contributed by atoms with Gasteiger partial charge in [-0.05, 0) is 12.1 Å². The first-order chi connectivity index (χ1) is 6.31. The lowest BCUT2D eigenvalue weighted by Gasteiger charge is -1.94. The summed E-state index contributed by atoms with van der Waals surface area (Å²) in [6.45, 7) is 0. The van der Waals surface area contributed by atoms with Gasteiger partial charge in [0.05, 0.1) is 24.2 Å². The molecule has 2 aromatic rings. The zero-order chi connectivity index (χ0) is 9.26. The first-order valence-corrected chi connectivity index (χ1v) is 4.59. The Hall–Kier alpha value is -1.34. The minimum Gasteiger partial charge on any atom is -0.241 e. The Morgan fingerprint density at radius 1 is 1.62 bits per heavy atom. The first kappa shape index (κ1) is 8.27. The fraction of sp³-hybridized carbons (Fsp3) is 0.111. The lowest BCUT2D eigenvalue weighted by Crippen LogP contribution is -1.85. The molecule has 0 bridgehead atoms. The van der Waals surface area contributed by atoms with Crippen molar-refractivity contribution in [3.05, 3.63) is 34.6 Å². The highest BCUT2D eigenvalue weighted by atomic mass is 79.9. The van der Waals surface area contributed by atoms with Crippen molar-refractivity contribution < 1.29 is 0 Å². The SMILES string of the molecule is N#CCc1cnn2ccc(Br)cc12. The zero-order valence-electron chi connectivity index (χ0n) is 6.74. The van der Waals surface area contributed by atoms with E-state index in [1.54, 1.807) is 10.7 Å². The van der Waals surface area contributed by atoms with Gasteiger partial charge in [-0.2, -0.15) is 10.4 Å². The average molecular weight is 236 g/mol. The zero-order valence-corrected chi connectivity index (χ0v) is 8.32. The molecule has 4 heteroatoms. The molecule has 0 atom stereocenters. The highest BCUT2D eigenvalue weighted by molar-refractivity contribution is 9.10. The number of hydrogen-bond acceptors (Lipinski definition) is 2. The summed E-state index contributed by atoms with van der Waals surface area (Å²) in [6, 6.07) is 5.98. The molecule has 2 heterocycles. The van der Waals surface area contributed by atoms with Gasteiger partial charge in [-0.3, -0.25) is 0 Å². The fourth-order valence-corrected chi connectivity index (χ4v) is 1.56. The van der Waals surface area contributed by atoms with Crippen LogP contribution in [0.3, 0.4) is 0 Å². The van der Waals surface area contributed by atoms with E-state index >= 15 is 0 Å².